The highest BCUT2D eigenvalue weighted by Gasteiger charge is 2.07. The summed E-state index contributed by atoms with van der Waals surface area (Å²) in [5.41, 5.74) is 0.650. The van der Waals surface area contributed by atoms with Crippen molar-refractivity contribution in [3.8, 4) is 5.75 Å². The maximum Gasteiger partial charge on any atom is 0.251 e. The number of rotatable bonds is 8. The molecule has 112 valence electrons. The summed E-state index contributed by atoms with van der Waals surface area (Å²) in [6.45, 7) is 6.85. The van der Waals surface area contributed by atoms with Gasteiger partial charge in [-0.3, -0.25) is 4.79 Å². The maximum atomic E-state index is 12.0. The third kappa shape index (κ3) is 6.42. The van der Waals surface area contributed by atoms with Crippen molar-refractivity contribution in [2.75, 3.05) is 11.9 Å². The third-order valence-electron chi connectivity index (χ3n) is 2.89. The van der Waals surface area contributed by atoms with E-state index < -0.39 is 0 Å². The number of alkyl halides is 1. The van der Waals surface area contributed by atoms with Gasteiger partial charge in [-0.1, -0.05) is 28.9 Å². The van der Waals surface area contributed by atoms with Gasteiger partial charge in [-0.15, -0.1) is 0 Å². The summed E-state index contributed by atoms with van der Waals surface area (Å²) in [7, 11) is 0. The monoisotopic (exact) mass is 341 g/mol. The Morgan fingerprint density at radius 3 is 2.75 bits per heavy atom. The normalized spacial score (nSPS) is 12.2. The number of nitrogens with one attached hydrogen (secondary N) is 1. The highest BCUT2D eigenvalue weighted by atomic mass is 79.9. The van der Waals surface area contributed by atoms with Crippen LogP contribution in [0.4, 0.5) is 0 Å². The lowest BCUT2D eigenvalue weighted by Crippen LogP contribution is -2.24. The summed E-state index contributed by atoms with van der Waals surface area (Å²) < 4.78 is 5.59. The Hall–Kier alpha value is -1.03. The van der Waals surface area contributed by atoms with Gasteiger partial charge in [0.1, 0.15) is 5.75 Å². The number of benzene rings is 1. The molecule has 0 fully saturated rings. The molecule has 1 amide bonds. The minimum absolute atomic E-state index is 0.0364. The Bertz CT molecular complexity index is 421. The fraction of sp³-hybridized carbons (Fsp3) is 0.562. The van der Waals surface area contributed by atoms with Crippen LogP contribution >= 0.6 is 15.9 Å². The second kappa shape index (κ2) is 9.01. The zero-order valence-corrected chi connectivity index (χ0v) is 14.1. The molecule has 3 nitrogen and oxygen atoms in total. The molecule has 0 radical (unpaired) electrons. The van der Waals surface area contributed by atoms with Gasteiger partial charge in [0.05, 0.1) is 6.10 Å². The average molecular weight is 342 g/mol. The quantitative estimate of drug-likeness (QED) is 0.573. The van der Waals surface area contributed by atoms with Crippen molar-refractivity contribution in [3.05, 3.63) is 29.8 Å². The van der Waals surface area contributed by atoms with Gasteiger partial charge >= 0.3 is 0 Å². The van der Waals surface area contributed by atoms with Gasteiger partial charge in [-0.25, -0.2) is 0 Å². The molecular formula is C16H24BrNO2. The van der Waals surface area contributed by atoms with Gasteiger partial charge in [0.15, 0.2) is 0 Å². The molecule has 1 aromatic rings. The summed E-state index contributed by atoms with van der Waals surface area (Å²) in [6.07, 6.45) is 2.22. The van der Waals surface area contributed by atoms with E-state index in [4.69, 9.17) is 4.74 Å². The molecule has 0 saturated carbocycles. The van der Waals surface area contributed by atoms with Crippen LogP contribution in [0.25, 0.3) is 0 Å². The van der Waals surface area contributed by atoms with Crippen LogP contribution in [0.3, 0.4) is 0 Å². The van der Waals surface area contributed by atoms with Crippen molar-refractivity contribution in [1.82, 2.24) is 5.32 Å². The summed E-state index contributed by atoms with van der Waals surface area (Å²) in [5, 5.41) is 3.96. The second-order valence-corrected chi connectivity index (χ2v) is 6.00. The highest BCUT2D eigenvalue weighted by molar-refractivity contribution is 9.09. The Morgan fingerprint density at radius 1 is 1.35 bits per heavy atom. The molecule has 1 atom stereocenters. The summed E-state index contributed by atoms with van der Waals surface area (Å²) in [6, 6.07) is 7.31. The van der Waals surface area contributed by atoms with Crippen LogP contribution in [0.15, 0.2) is 24.3 Å². The molecule has 0 spiro atoms. The fourth-order valence-electron chi connectivity index (χ4n) is 1.81. The van der Waals surface area contributed by atoms with E-state index in [9.17, 15) is 4.79 Å². The second-order valence-electron chi connectivity index (χ2n) is 5.35. The molecule has 0 bridgehead atoms. The molecule has 0 aliphatic rings. The molecule has 0 aliphatic heterocycles. The number of amides is 1. The van der Waals surface area contributed by atoms with Crippen molar-refractivity contribution in [2.24, 2.45) is 5.92 Å². The molecule has 0 aliphatic carbocycles. The van der Waals surface area contributed by atoms with Crippen LogP contribution < -0.4 is 10.1 Å². The first-order valence-corrected chi connectivity index (χ1v) is 8.26. The molecule has 20 heavy (non-hydrogen) atoms. The average Bonchev–Trinajstić information content (AvgIpc) is 2.42. The van der Waals surface area contributed by atoms with Crippen molar-refractivity contribution in [2.45, 2.75) is 39.7 Å². The van der Waals surface area contributed by atoms with Crippen LogP contribution in [0.1, 0.15) is 44.0 Å². The number of ether oxygens (including phenoxy) is 1. The Labute approximate surface area is 130 Å². The Morgan fingerprint density at radius 2 is 2.10 bits per heavy atom. The maximum absolute atomic E-state index is 12.0. The predicted molar refractivity (Wildman–Crippen MR) is 86.7 cm³/mol. The molecule has 0 aromatic heterocycles. The number of hydrogen-bond acceptors (Lipinski definition) is 2. The predicted octanol–water partition coefficient (Wildman–Crippen LogP) is 4.01. The first kappa shape index (κ1) is 17.0. The van der Waals surface area contributed by atoms with Gasteiger partial charge in [-0.2, -0.15) is 0 Å². The Balaban J connectivity index is 2.43. The zero-order valence-electron chi connectivity index (χ0n) is 12.5. The summed E-state index contributed by atoms with van der Waals surface area (Å²) in [4.78, 5) is 12.0. The van der Waals surface area contributed by atoms with Crippen LogP contribution in [-0.4, -0.2) is 23.9 Å². The number of hydrogen-bond donors (Lipinski definition) is 1. The van der Waals surface area contributed by atoms with E-state index in [-0.39, 0.29) is 12.0 Å². The fourth-order valence-corrected chi connectivity index (χ4v) is 2.14. The number of halogens is 1. The lowest BCUT2D eigenvalue weighted by molar-refractivity contribution is 0.0952. The van der Waals surface area contributed by atoms with E-state index in [0.29, 0.717) is 18.0 Å². The number of carbonyl (C=O) groups is 1. The molecular weight excluding hydrogens is 318 g/mol. The van der Waals surface area contributed by atoms with Gasteiger partial charge in [0.25, 0.3) is 5.91 Å². The van der Waals surface area contributed by atoms with Crippen LogP contribution in [0, 0.1) is 5.92 Å². The first-order valence-electron chi connectivity index (χ1n) is 7.13. The number of carbonyl (C=O) groups excluding carboxylic acids is 1. The molecule has 4 heteroatoms. The van der Waals surface area contributed by atoms with Crippen molar-refractivity contribution >= 4 is 21.8 Å². The molecule has 0 saturated heterocycles. The van der Waals surface area contributed by atoms with Gasteiger partial charge in [0.2, 0.25) is 0 Å². The van der Waals surface area contributed by atoms with E-state index in [1.54, 1.807) is 6.07 Å². The smallest absolute Gasteiger partial charge is 0.251 e. The minimum Gasteiger partial charge on any atom is -0.491 e. The van der Waals surface area contributed by atoms with Crippen LogP contribution in [0.5, 0.6) is 5.75 Å². The van der Waals surface area contributed by atoms with Gasteiger partial charge < -0.3 is 10.1 Å². The van der Waals surface area contributed by atoms with Crippen LogP contribution in [0.2, 0.25) is 0 Å². The van der Waals surface area contributed by atoms with Gasteiger partial charge in [0, 0.05) is 17.4 Å². The topological polar surface area (TPSA) is 38.3 Å². The minimum atomic E-state index is -0.0364. The Kier molecular flexibility index (Phi) is 7.67. The van der Waals surface area contributed by atoms with Crippen molar-refractivity contribution < 1.29 is 9.53 Å². The molecule has 1 N–H and O–H groups in total. The third-order valence-corrected chi connectivity index (χ3v) is 4.00. The van der Waals surface area contributed by atoms with Gasteiger partial charge in [-0.05, 0) is 50.8 Å². The van der Waals surface area contributed by atoms with E-state index in [2.05, 4.69) is 28.2 Å². The SMILES string of the molecule is CC(CBr)CCCNC(=O)c1cccc(OC(C)C)c1. The van der Waals surface area contributed by atoms with E-state index in [0.717, 1.165) is 23.9 Å². The molecule has 1 rings (SSSR count). The summed E-state index contributed by atoms with van der Waals surface area (Å²) in [5.74, 6) is 1.35. The zero-order chi connectivity index (χ0) is 15.0. The largest absolute Gasteiger partial charge is 0.491 e. The standard InChI is InChI=1S/C16H24BrNO2/c1-12(2)20-15-8-4-7-14(10-15)16(19)18-9-5-6-13(3)11-17/h4,7-8,10,12-13H,5-6,9,11H2,1-3H3,(H,18,19). The lowest BCUT2D eigenvalue weighted by Gasteiger charge is -2.11. The van der Waals surface area contributed by atoms with Crippen LogP contribution in [-0.2, 0) is 0 Å². The highest BCUT2D eigenvalue weighted by Crippen LogP contribution is 2.15. The first-order chi connectivity index (χ1) is 9.52. The lowest BCUT2D eigenvalue weighted by atomic mass is 10.1. The van der Waals surface area contributed by atoms with E-state index >= 15 is 0 Å². The molecule has 1 aromatic carbocycles. The van der Waals surface area contributed by atoms with E-state index in [1.165, 1.54) is 0 Å². The van der Waals surface area contributed by atoms with Crippen molar-refractivity contribution in [1.29, 1.82) is 0 Å². The summed E-state index contributed by atoms with van der Waals surface area (Å²) >= 11 is 3.46. The molecule has 0 heterocycles. The molecule has 1 unspecified atom stereocenters. The van der Waals surface area contributed by atoms with E-state index in [1.807, 2.05) is 32.0 Å². The van der Waals surface area contributed by atoms with Crippen molar-refractivity contribution in [3.63, 3.8) is 0 Å².